The normalized spacial score (nSPS) is 11.8. The van der Waals surface area contributed by atoms with E-state index in [1.807, 2.05) is 31.2 Å². The lowest BCUT2D eigenvalue weighted by Gasteiger charge is -2.20. The molecule has 0 bridgehead atoms. The molecule has 5 nitrogen and oxygen atoms in total. The molecule has 1 aromatic carbocycles. The molecule has 0 amide bonds. The molecule has 5 heteroatoms. The molecule has 0 aliphatic heterocycles. The fraction of sp³-hybridized carbons (Fsp3) is 0.312. The summed E-state index contributed by atoms with van der Waals surface area (Å²) >= 11 is 0. The standard InChI is InChI=1S/C16H18N4O/c1-11-9-13(19-18-11)14-17-15(20-21-14)16(2,3)10-12-7-5-4-6-8-12/h4-9H,10H2,1-3H3,(H,18,19). The van der Waals surface area contributed by atoms with Gasteiger partial charge < -0.3 is 4.52 Å². The summed E-state index contributed by atoms with van der Waals surface area (Å²) in [7, 11) is 0. The molecule has 0 saturated carbocycles. The number of aryl methyl sites for hydroxylation is 1. The Morgan fingerprint density at radius 3 is 2.62 bits per heavy atom. The molecule has 1 N–H and O–H groups in total. The highest BCUT2D eigenvalue weighted by atomic mass is 16.5. The zero-order chi connectivity index (χ0) is 14.9. The van der Waals surface area contributed by atoms with Gasteiger partial charge >= 0.3 is 0 Å². The Balaban J connectivity index is 1.84. The Kier molecular flexibility index (Phi) is 3.33. The van der Waals surface area contributed by atoms with E-state index < -0.39 is 0 Å². The summed E-state index contributed by atoms with van der Waals surface area (Å²) in [6, 6.07) is 12.2. The van der Waals surface area contributed by atoms with Crippen molar-refractivity contribution < 1.29 is 4.52 Å². The predicted molar refractivity (Wildman–Crippen MR) is 79.8 cm³/mol. The van der Waals surface area contributed by atoms with Gasteiger partial charge in [-0.2, -0.15) is 10.1 Å². The molecule has 21 heavy (non-hydrogen) atoms. The van der Waals surface area contributed by atoms with Crippen LogP contribution in [0, 0.1) is 6.92 Å². The third-order valence-corrected chi connectivity index (χ3v) is 3.45. The molecular weight excluding hydrogens is 264 g/mol. The highest BCUT2D eigenvalue weighted by Crippen LogP contribution is 2.27. The molecule has 0 spiro atoms. The summed E-state index contributed by atoms with van der Waals surface area (Å²) < 4.78 is 5.34. The van der Waals surface area contributed by atoms with Gasteiger partial charge in [-0.05, 0) is 25.0 Å². The van der Waals surface area contributed by atoms with Gasteiger partial charge in [0.25, 0.3) is 5.89 Å². The van der Waals surface area contributed by atoms with Gasteiger partial charge in [-0.25, -0.2) is 0 Å². The molecule has 0 saturated heterocycles. The quantitative estimate of drug-likeness (QED) is 0.797. The maximum absolute atomic E-state index is 5.34. The third kappa shape index (κ3) is 2.86. The lowest BCUT2D eigenvalue weighted by Crippen LogP contribution is -2.22. The van der Waals surface area contributed by atoms with Crippen LogP contribution in [0.15, 0.2) is 40.9 Å². The Morgan fingerprint density at radius 2 is 1.95 bits per heavy atom. The van der Waals surface area contributed by atoms with E-state index in [4.69, 9.17) is 4.52 Å². The maximum Gasteiger partial charge on any atom is 0.278 e. The number of aromatic amines is 1. The van der Waals surface area contributed by atoms with Crippen LogP contribution in [-0.4, -0.2) is 20.3 Å². The predicted octanol–water partition coefficient (Wildman–Crippen LogP) is 3.29. The molecule has 0 unspecified atom stereocenters. The van der Waals surface area contributed by atoms with E-state index in [0.29, 0.717) is 17.4 Å². The highest BCUT2D eigenvalue weighted by molar-refractivity contribution is 5.46. The number of hydrogen-bond acceptors (Lipinski definition) is 4. The molecule has 0 fully saturated rings. The molecule has 2 aromatic heterocycles. The number of aromatic nitrogens is 4. The summed E-state index contributed by atoms with van der Waals surface area (Å²) in [6.45, 7) is 6.17. The summed E-state index contributed by atoms with van der Waals surface area (Å²) in [5.41, 5.74) is 2.70. The average Bonchev–Trinajstić information content (AvgIpc) is 3.08. The van der Waals surface area contributed by atoms with Gasteiger partial charge in [-0.1, -0.05) is 49.3 Å². The monoisotopic (exact) mass is 282 g/mol. The van der Waals surface area contributed by atoms with Crippen LogP contribution >= 0.6 is 0 Å². The van der Waals surface area contributed by atoms with Crippen molar-refractivity contribution in [2.75, 3.05) is 0 Å². The largest absolute Gasteiger partial charge is 0.332 e. The van der Waals surface area contributed by atoms with Crippen molar-refractivity contribution in [3.05, 3.63) is 53.5 Å². The van der Waals surface area contributed by atoms with Gasteiger partial charge in [0, 0.05) is 11.1 Å². The Morgan fingerprint density at radius 1 is 1.19 bits per heavy atom. The number of nitrogens with zero attached hydrogens (tertiary/aromatic N) is 3. The first-order chi connectivity index (χ1) is 10.0. The van der Waals surface area contributed by atoms with Crippen molar-refractivity contribution in [1.29, 1.82) is 0 Å². The van der Waals surface area contributed by atoms with E-state index in [-0.39, 0.29) is 5.41 Å². The number of H-pyrrole nitrogens is 1. The minimum Gasteiger partial charge on any atom is -0.332 e. The third-order valence-electron chi connectivity index (χ3n) is 3.45. The smallest absolute Gasteiger partial charge is 0.278 e. The molecule has 3 rings (SSSR count). The van der Waals surface area contributed by atoms with Crippen LogP contribution in [0.4, 0.5) is 0 Å². The van der Waals surface area contributed by atoms with Gasteiger partial charge in [0.05, 0.1) is 0 Å². The molecule has 3 aromatic rings. The summed E-state index contributed by atoms with van der Waals surface area (Å²) in [5, 5.41) is 11.2. The summed E-state index contributed by atoms with van der Waals surface area (Å²) in [4.78, 5) is 4.50. The first kappa shape index (κ1) is 13.5. The van der Waals surface area contributed by atoms with E-state index in [2.05, 4.69) is 46.3 Å². The van der Waals surface area contributed by atoms with Crippen LogP contribution < -0.4 is 0 Å². The van der Waals surface area contributed by atoms with Crippen LogP contribution in [0.25, 0.3) is 11.6 Å². The van der Waals surface area contributed by atoms with Crippen LogP contribution in [0.3, 0.4) is 0 Å². The van der Waals surface area contributed by atoms with E-state index >= 15 is 0 Å². The summed E-state index contributed by atoms with van der Waals surface area (Å²) in [6.07, 6.45) is 0.854. The lowest BCUT2D eigenvalue weighted by molar-refractivity contribution is 0.391. The second kappa shape index (κ2) is 5.16. The first-order valence-corrected chi connectivity index (χ1v) is 6.95. The van der Waals surface area contributed by atoms with Crippen LogP contribution in [-0.2, 0) is 11.8 Å². The molecular formula is C16H18N4O. The second-order valence-electron chi connectivity index (χ2n) is 5.91. The van der Waals surface area contributed by atoms with Gasteiger partial charge in [-0.3, -0.25) is 5.10 Å². The minimum absolute atomic E-state index is 0.200. The summed E-state index contributed by atoms with van der Waals surface area (Å²) in [5.74, 6) is 1.15. The van der Waals surface area contributed by atoms with Gasteiger partial charge in [0.1, 0.15) is 0 Å². The molecule has 0 atom stereocenters. The second-order valence-corrected chi connectivity index (χ2v) is 5.91. The number of nitrogens with one attached hydrogen (secondary N) is 1. The Bertz CT molecular complexity index is 728. The molecule has 0 aliphatic carbocycles. The van der Waals surface area contributed by atoms with Gasteiger partial charge in [0.15, 0.2) is 11.5 Å². The molecule has 0 aliphatic rings. The number of benzene rings is 1. The van der Waals surface area contributed by atoms with Crippen molar-refractivity contribution in [3.8, 4) is 11.6 Å². The maximum atomic E-state index is 5.34. The van der Waals surface area contributed by atoms with Crippen molar-refractivity contribution in [2.45, 2.75) is 32.6 Å². The van der Waals surface area contributed by atoms with Gasteiger partial charge in [0.2, 0.25) is 0 Å². The molecule has 2 heterocycles. The van der Waals surface area contributed by atoms with Crippen LogP contribution in [0.1, 0.15) is 30.9 Å². The minimum atomic E-state index is -0.200. The van der Waals surface area contributed by atoms with Crippen molar-refractivity contribution in [1.82, 2.24) is 20.3 Å². The number of rotatable bonds is 4. The first-order valence-electron chi connectivity index (χ1n) is 6.95. The molecule has 0 radical (unpaired) electrons. The van der Waals surface area contributed by atoms with E-state index in [9.17, 15) is 0 Å². The lowest BCUT2D eigenvalue weighted by atomic mass is 9.85. The average molecular weight is 282 g/mol. The fourth-order valence-electron chi connectivity index (χ4n) is 2.32. The van der Waals surface area contributed by atoms with E-state index in [1.165, 1.54) is 5.56 Å². The Hall–Kier alpha value is -2.43. The number of hydrogen-bond donors (Lipinski definition) is 1. The zero-order valence-electron chi connectivity index (χ0n) is 12.4. The topological polar surface area (TPSA) is 67.6 Å². The zero-order valence-corrected chi connectivity index (χ0v) is 12.4. The van der Waals surface area contributed by atoms with E-state index in [1.54, 1.807) is 0 Å². The van der Waals surface area contributed by atoms with Crippen LogP contribution in [0.5, 0.6) is 0 Å². The molecule has 108 valence electrons. The van der Waals surface area contributed by atoms with Crippen molar-refractivity contribution >= 4 is 0 Å². The SMILES string of the molecule is Cc1cc(-c2nc(C(C)(C)Cc3ccccc3)no2)n[nH]1. The fourth-order valence-corrected chi connectivity index (χ4v) is 2.32. The highest BCUT2D eigenvalue weighted by Gasteiger charge is 2.27. The van der Waals surface area contributed by atoms with Crippen molar-refractivity contribution in [2.24, 2.45) is 0 Å². The van der Waals surface area contributed by atoms with Crippen LogP contribution in [0.2, 0.25) is 0 Å². The Labute approximate surface area is 123 Å². The van der Waals surface area contributed by atoms with Gasteiger partial charge in [-0.15, -0.1) is 0 Å². The van der Waals surface area contributed by atoms with Crippen molar-refractivity contribution in [3.63, 3.8) is 0 Å². The van der Waals surface area contributed by atoms with E-state index in [0.717, 1.165) is 12.1 Å².